The summed E-state index contributed by atoms with van der Waals surface area (Å²) in [5.74, 6) is 0.545. The fourth-order valence-electron chi connectivity index (χ4n) is 8.70. The van der Waals surface area contributed by atoms with Gasteiger partial charge in [-0.15, -0.1) is 0 Å². The van der Waals surface area contributed by atoms with Crippen molar-refractivity contribution in [1.82, 2.24) is 20.6 Å². The quantitative estimate of drug-likeness (QED) is 0.149. The van der Waals surface area contributed by atoms with E-state index in [4.69, 9.17) is 9.57 Å². The fourth-order valence-corrected chi connectivity index (χ4v) is 9.19. The number of aliphatic hydroxyl groups excluding tert-OH is 2. The van der Waals surface area contributed by atoms with Crippen LogP contribution in [0, 0.1) is 29.1 Å². The highest BCUT2D eigenvalue weighted by molar-refractivity contribution is 9.10. The first-order chi connectivity index (χ1) is 26.0. The van der Waals surface area contributed by atoms with Crippen molar-refractivity contribution < 1.29 is 29.4 Å². The van der Waals surface area contributed by atoms with Crippen LogP contribution < -0.4 is 15.4 Å². The van der Waals surface area contributed by atoms with Crippen LogP contribution in [0.4, 0.5) is 0 Å². The summed E-state index contributed by atoms with van der Waals surface area (Å²) in [6.45, 7) is 13.5. The number of aliphatic hydroxyl groups is 2. The number of halogens is 1. The molecule has 1 aliphatic heterocycles. The first-order valence-electron chi connectivity index (χ1n) is 19.5. The lowest BCUT2D eigenvalue weighted by molar-refractivity contribution is -0.182. The Bertz CT molecular complexity index is 1770. The van der Waals surface area contributed by atoms with Crippen molar-refractivity contribution in [1.29, 1.82) is 0 Å². The summed E-state index contributed by atoms with van der Waals surface area (Å²) < 4.78 is 6.79. The van der Waals surface area contributed by atoms with E-state index >= 15 is 0 Å². The number of hydrogen-bond acceptors (Lipinski definition) is 8. The molecule has 9 atom stereocenters. The number of nitrogens with one attached hydrogen (secondary N) is 2. The van der Waals surface area contributed by atoms with Crippen LogP contribution in [0.2, 0.25) is 0 Å². The Labute approximate surface area is 336 Å². The van der Waals surface area contributed by atoms with E-state index < -0.39 is 24.2 Å². The molecule has 11 heteroatoms. The highest BCUT2D eigenvalue weighted by atomic mass is 79.9. The molecular formula is C44H61BrN4O6. The molecule has 300 valence electrons. The molecule has 1 saturated heterocycles. The smallest absolute Gasteiger partial charge is 0.251 e. The summed E-state index contributed by atoms with van der Waals surface area (Å²) >= 11 is 3.64. The SMILES string of the molecule is COc1c(CN2O[C@@H](CO)[C@@H]([C@H](C)O)[C@H]2C(=O)N[C@H]2C[C@@H](C)C(C)(C)[C@@H](C)[C@@H]2C)cccc1-c1cc(Br)cc(C(=O)N[C@@H](Cc2ccccc2)CN(C)C)c1. The van der Waals surface area contributed by atoms with Crippen molar-refractivity contribution >= 4 is 27.7 Å². The van der Waals surface area contributed by atoms with E-state index in [-0.39, 0.29) is 48.4 Å². The van der Waals surface area contributed by atoms with Crippen molar-refractivity contribution in [3.63, 3.8) is 0 Å². The van der Waals surface area contributed by atoms with Crippen LogP contribution in [0.3, 0.4) is 0 Å². The zero-order chi connectivity index (χ0) is 40.2. The molecule has 1 aliphatic carbocycles. The normalized spacial score (nSPS) is 26.4. The Balaban J connectivity index is 1.42. The minimum absolute atomic E-state index is 0.0347. The number of hydroxylamine groups is 2. The number of likely N-dealkylation sites (N-methyl/N-ethyl adjacent to an activating group) is 1. The second kappa shape index (κ2) is 18.3. The van der Waals surface area contributed by atoms with Crippen LogP contribution in [-0.2, 0) is 22.6 Å². The van der Waals surface area contributed by atoms with Gasteiger partial charge in [0.15, 0.2) is 0 Å². The molecular weight excluding hydrogens is 760 g/mol. The minimum Gasteiger partial charge on any atom is -0.496 e. The molecule has 0 unspecified atom stereocenters. The molecule has 3 aromatic carbocycles. The van der Waals surface area contributed by atoms with E-state index in [0.717, 1.165) is 33.1 Å². The third-order valence-electron chi connectivity index (χ3n) is 12.5. The van der Waals surface area contributed by atoms with E-state index in [1.54, 1.807) is 19.1 Å². The second-order valence-electron chi connectivity index (χ2n) is 16.7. The number of ether oxygens (including phenoxy) is 1. The largest absolute Gasteiger partial charge is 0.496 e. The third-order valence-corrected chi connectivity index (χ3v) is 13.0. The molecule has 55 heavy (non-hydrogen) atoms. The molecule has 0 radical (unpaired) electrons. The maximum atomic E-state index is 14.3. The molecule has 1 saturated carbocycles. The monoisotopic (exact) mass is 820 g/mol. The minimum atomic E-state index is -0.914. The van der Waals surface area contributed by atoms with Crippen molar-refractivity contribution in [3.05, 3.63) is 87.9 Å². The molecule has 0 bridgehead atoms. The molecule has 1 heterocycles. The maximum Gasteiger partial charge on any atom is 0.251 e. The van der Waals surface area contributed by atoms with Crippen LogP contribution in [0.15, 0.2) is 71.2 Å². The topological polar surface area (TPSA) is 124 Å². The van der Waals surface area contributed by atoms with Gasteiger partial charge >= 0.3 is 0 Å². The van der Waals surface area contributed by atoms with Gasteiger partial charge in [0.1, 0.15) is 17.9 Å². The lowest BCUT2D eigenvalue weighted by Gasteiger charge is -2.50. The van der Waals surface area contributed by atoms with Crippen molar-refractivity contribution in [2.24, 2.45) is 29.1 Å². The standard InChI is InChI=1S/C44H61BrN4O6/c1-26-18-37(27(2)28(3)44(26,5)6)47-43(53)40-39(29(4)51)38(25-50)55-49(40)23-31-16-13-17-36(41(31)54-9)32-20-33(22-34(45)21-32)42(52)46-35(24-48(7)8)19-30-14-11-10-12-15-30/h10-17,20-22,26-29,35,37-40,50-51H,18-19,23-25H2,1-9H3,(H,46,52)(H,47,53)/t26-,27+,28+,29+,35+,37+,38+,39-,40+/m1/s1. The zero-order valence-electron chi connectivity index (χ0n) is 33.9. The van der Waals surface area contributed by atoms with E-state index in [1.165, 1.54) is 0 Å². The summed E-state index contributed by atoms with van der Waals surface area (Å²) in [5, 5.41) is 29.5. The highest BCUT2D eigenvalue weighted by Gasteiger charge is 2.51. The van der Waals surface area contributed by atoms with Gasteiger partial charge in [0.2, 0.25) is 5.91 Å². The summed E-state index contributed by atoms with van der Waals surface area (Å²) in [7, 11) is 5.59. The average Bonchev–Trinajstić information content (AvgIpc) is 3.51. The Morgan fingerprint density at radius 2 is 1.78 bits per heavy atom. The van der Waals surface area contributed by atoms with Gasteiger partial charge in [0.25, 0.3) is 5.91 Å². The van der Waals surface area contributed by atoms with E-state index in [1.807, 2.05) is 68.7 Å². The second-order valence-corrected chi connectivity index (χ2v) is 17.6. The van der Waals surface area contributed by atoms with Crippen molar-refractivity contribution in [3.8, 4) is 16.9 Å². The first kappa shape index (κ1) is 42.8. The Morgan fingerprint density at radius 1 is 1.07 bits per heavy atom. The number of hydrogen-bond donors (Lipinski definition) is 4. The average molecular weight is 822 g/mol. The van der Waals surface area contributed by atoms with Crippen LogP contribution in [-0.4, -0.2) is 96.7 Å². The Morgan fingerprint density at radius 3 is 2.42 bits per heavy atom. The predicted octanol–water partition coefficient (Wildman–Crippen LogP) is 6.32. The van der Waals surface area contributed by atoms with Gasteiger partial charge in [0, 0.05) is 45.7 Å². The predicted molar refractivity (Wildman–Crippen MR) is 220 cm³/mol. The summed E-state index contributed by atoms with van der Waals surface area (Å²) in [6, 6.07) is 20.5. The van der Waals surface area contributed by atoms with Gasteiger partial charge in [-0.3, -0.25) is 14.4 Å². The molecule has 3 aromatic rings. The van der Waals surface area contributed by atoms with Gasteiger partial charge in [-0.05, 0) is 86.4 Å². The number of rotatable bonds is 14. The number of para-hydroxylation sites is 1. The molecule has 10 nitrogen and oxygen atoms in total. The fraction of sp³-hybridized carbons (Fsp3) is 0.545. The van der Waals surface area contributed by atoms with E-state index in [9.17, 15) is 19.8 Å². The molecule has 2 amide bonds. The van der Waals surface area contributed by atoms with Crippen LogP contribution >= 0.6 is 15.9 Å². The lowest BCUT2D eigenvalue weighted by Crippen LogP contribution is -2.56. The molecule has 2 fully saturated rings. The van der Waals surface area contributed by atoms with Crippen LogP contribution in [0.25, 0.3) is 11.1 Å². The molecule has 0 aromatic heterocycles. The van der Waals surface area contributed by atoms with Gasteiger partial charge in [-0.2, -0.15) is 5.06 Å². The molecule has 2 aliphatic rings. The maximum absolute atomic E-state index is 14.3. The van der Waals surface area contributed by atoms with Gasteiger partial charge in [-0.25, -0.2) is 0 Å². The molecule has 4 N–H and O–H groups in total. The van der Waals surface area contributed by atoms with Crippen molar-refractivity contribution in [2.75, 3.05) is 34.4 Å². The molecule has 5 rings (SSSR count). The van der Waals surface area contributed by atoms with Gasteiger partial charge in [0.05, 0.1) is 26.4 Å². The number of amides is 2. The summed E-state index contributed by atoms with van der Waals surface area (Å²) in [4.78, 5) is 36.5. The summed E-state index contributed by atoms with van der Waals surface area (Å²) in [5.41, 5.74) is 4.07. The van der Waals surface area contributed by atoms with Gasteiger partial charge in [-0.1, -0.05) is 99.1 Å². The van der Waals surface area contributed by atoms with E-state index in [0.29, 0.717) is 36.1 Å². The highest BCUT2D eigenvalue weighted by Crippen LogP contribution is 2.47. The molecule has 0 spiro atoms. The van der Waals surface area contributed by atoms with Crippen LogP contribution in [0.1, 0.15) is 69.4 Å². The van der Waals surface area contributed by atoms with Crippen LogP contribution in [0.5, 0.6) is 5.75 Å². The third kappa shape index (κ3) is 9.80. The number of carbonyl (C=O) groups is 2. The van der Waals surface area contributed by atoms with Gasteiger partial charge < -0.3 is 30.5 Å². The number of carbonyl (C=O) groups excluding carboxylic acids is 2. The van der Waals surface area contributed by atoms with Crippen molar-refractivity contribution in [2.45, 2.75) is 91.3 Å². The first-order valence-corrected chi connectivity index (χ1v) is 20.3. The zero-order valence-corrected chi connectivity index (χ0v) is 35.5. The number of benzene rings is 3. The Kier molecular flexibility index (Phi) is 14.2. The Hall–Kier alpha value is -3.32. The van der Waals surface area contributed by atoms with E-state index in [2.05, 4.69) is 78.2 Å². The summed E-state index contributed by atoms with van der Waals surface area (Å²) in [6.07, 6.45) is -0.132. The lowest BCUT2D eigenvalue weighted by atomic mass is 9.58. The number of nitrogens with zero attached hydrogens (tertiary/aromatic N) is 2. The number of methoxy groups -OCH3 is 1.